The van der Waals surface area contributed by atoms with Crippen LogP contribution in [0.3, 0.4) is 0 Å². The van der Waals surface area contributed by atoms with Crippen LogP contribution in [0.5, 0.6) is 0 Å². The predicted molar refractivity (Wildman–Crippen MR) is 65.6 cm³/mol. The first kappa shape index (κ1) is 13.1. The fraction of sp³-hybridized carbons (Fsp3) is 0.364. The van der Waals surface area contributed by atoms with Gasteiger partial charge in [-0.2, -0.15) is 0 Å². The van der Waals surface area contributed by atoms with Gasteiger partial charge < -0.3 is 11.1 Å². The lowest BCUT2D eigenvalue weighted by atomic mass is 10.1. The lowest BCUT2D eigenvalue weighted by Crippen LogP contribution is -2.35. The molecule has 0 aliphatic heterocycles. The molecule has 1 rings (SSSR count). The standard InChI is InChI=1S/C11H14BrFN2O/c1-2-3-10(14)11(16)15-7-4-5-8(12)9(13)6-7/h4-6,10H,2-3,14H2,1H3,(H,15,16)/t10-/m1/s1. The summed E-state index contributed by atoms with van der Waals surface area (Å²) >= 11 is 3.04. The SMILES string of the molecule is CCC[C@@H](N)C(=O)Nc1ccc(Br)c(F)c1. The number of hydrogen-bond donors (Lipinski definition) is 2. The van der Waals surface area contributed by atoms with Crippen LogP contribution in [-0.4, -0.2) is 11.9 Å². The molecule has 0 saturated heterocycles. The first-order valence-electron chi connectivity index (χ1n) is 5.06. The van der Waals surface area contributed by atoms with Crippen molar-refractivity contribution >= 4 is 27.5 Å². The zero-order chi connectivity index (χ0) is 12.1. The number of anilines is 1. The molecule has 0 aromatic heterocycles. The largest absolute Gasteiger partial charge is 0.325 e. The maximum Gasteiger partial charge on any atom is 0.241 e. The van der Waals surface area contributed by atoms with E-state index in [1.807, 2.05) is 6.92 Å². The van der Waals surface area contributed by atoms with Gasteiger partial charge in [-0.05, 0) is 40.5 Å². The molecule has 1 atom stereocenters. The second kappa shape index (κ2) is 5.96. The van der Waals surface area contributed by atoms with Crippen LogP contribution in [0.25, 0.3) is 0 Å². The number of amides is 1. The maximum atomic E-state index is 13.1. The topological polar surface area (TPSA) is 55.1 Å². The molecule has 0 radical (unpaired) electrons. The van der Waals surface area contributed by atoms with Gasteiger partial charge in [0, 0.05) is 5.69 Å². The molecule has 0 aliphatic rings. The van der Waals surface area contributed by atoms with Crippen molar-refractivity contribution in [3.05, 3.63) is 28.5 Å². The average Bonchev–Trinajstić information content (AvgIpc) is 2.24. The summed E-state index contributed by atoms with van der Waals surface area (Å²) in [6, 6.07) is 3.86. The Labute approximate surface area is 102 Å². The van der Waals surface area contributed by atoms with Crippen molar-refractivity contribution in [2.45, 2.75) is 25.8 Å². The van der Waals surface area contributed by atoms with Gasteiger partial charge in [-0.3, -0.25) is 4.79 Å². The molecule has 0 unspecified atom stereocenters. The number of hydrogen-bond acceptors (Lipinski definition) is 2. The fourth-order valence-electron chi connectivity index (χ4n) is 1.25. The summed E-state index contributed by atoms with van der Waals surface area (Å²) in [5, 5.41) is 2.57. The Bertz CT molecular complexity index is 384. The average molecular weight is 289 g/mol. The third-order valence-corrected chi connectivity index (χ3v) is 2.77. The van der Waals surface area contributed by atoms with Gasteiger partial charge in [0.15, 0.2) is 0 Å². The Balaban J connectivity index is 2.66. The monoisotopic (exact) mass is 288 g/mol. The van der Waals surface area contributed by atoms with E-state index in [9.17, 15) is 9.18 Å². The molecule has 1 aromatic rings. The molecule has 88 valence electrons. The maximum absolute atomic E-state index is 13.1. The van der Waals surface area contributed by atoms with Crippen molar-refractivity contribution in [2.24, 2.45) is 5.73 Å². The summed E-state index contributed by atoms with van der Waals surface area (Å²) in [4.78, 5) is 11.5. The molecule has 3 nitrogen and oxygen atoms in total. The van der Waals surface area contributed by atoms with E-state index >= 15 is 0 Å². The van der Waals surface area contributed by atoms with E-state index in [-0.39, 0.29) is 5.91 Å². The molecule has 16 heavy (non-hydrogen) atoms. The minimum absolute atomic E-state index is 0.288. The minimum atomic E-state index is -0.545. The van der Waals surface area contributed by atoms with Gasteiger partial charge >= 0.3 is 0 Å². The van der Waals surface area contributed by atoms with Crippen LogP contribution in [0.15, 0.2) is 22.7 Å². The smallest absolute Gasteiger partial charge is 0.241 e. The fourth-order valence-corrected chi connectivity index (χ4v) is 1.50. The molecular weight excluding hydrogens is 275 g/mol. The number of nitrogens with two attached hydrogens (primary N) is 1. The Morgan fingerprint density at radius 1 is 1.62 bits per heavy atom. The van der Waals surface area contributed by atoms with Crippen LogP contribution in [0.1, 0.15) is 19.8 Å². The third kappa shape index (κ3) is 3.57. The highest BCUT2D eigenvalue weighted by Gasteiger charge is 2.12. The van der Waals surface area contributed by atoms with Gasteiger partial charge in [-0.25, -0.2) is 4.39 Å². The van der Waals surface area contributed by atoms with E-state index in [1.54, 1.807) is 6.07 Å². The molecule has 0 aliphatic carbocycles. The van der Waals surface area contributed by atoms with Gasteiger partial charge in [0.2, 0.25) is 5.91 Å². The van der Waals surface area contributed by atoms with E-state index in [2.05, 4.69) is 21.2 Å². The zero-order valence-electron chi connectivity index (χ0n) is 8.97. The number of carbonyl (C=O) groups is 1. The Morgan fingerprint density at radius 2 is 2.31 bits per heavy atom. The zero-order valence-corrected chi connectivity index (χ0v) is 10.6. The number of benzene rings is 1. The van der Waals surface area contributed by atoms with Crippen molar-refractivity contribution in [2.75, 3.05) is 5.32 Å². The van der Waals surface area contributed by atoms with Crippen LogP contribution in [0.2, 0.25) is 0 Å². The molecule has 1 aromatic carbocycles. The molecule has 0 spiro atoms. The Hall–Kier alpha value is -0.940. The Morgan fingerprint density at radius 3 is 2.88 bits per heavy atom. The summed E-state index contributed by atoms with van der Waals surface area (Å²) in [5.41, 5.74) is 6.04. The highest BCUT2D eigenvalue weighted by Crippen LogP contribution is 2.19. The van der Waals surface area contributed by atoms with Crippen LogP contribution in [-0.2, 0) is 4.79 Å². The molecule has 0 fully saturated rings. The minimum Gasteiger partial charge on any atom is -0.325 e. The predicted octanol–water partition coefficient (Wildman–Crippen LogP) is 2.65. The van der Waals surface area contributed by atoms with Crippen molar-refractivity contribution in [1.82, 2.24) is 0 Å². The highest BCUT2D eigenvalue weighted by atomic mass is 79.9. The summed E-state index contributed by atoms with van der Waals surface area (Å²) in [6.07, 6.45) is 1.45. The van der Waals surface area contributed by atoms with Gasteiger partial charge in [0.25, 0.3) is 0 Å². The van der Waals surface area contributed by atoms with E-state index in [4.69, 9.17) is 5.73 Å². The van der Waals surface area contributed by atoms with Gasteiger partial charge in [-0.15, -0.1) is 0 Å². The van der Waals surface area contributed by atoms with E-state index in [0.29, 0.717) is 16.6 Å². The van der Waals surface area contributed by atoms with E-state index in [1.165, 1.54) is 12.1 Å². The van der Waals surface area contributed by atoms with Gasteiger partial charge in [-0.1, -0.05) is 13.3 Å². The highest BCUT2D eigenvalue weighted by molar-refractivity contribution is 9.10. The first-order chi connectivity index (χ1) is 7.54. The van der Waals surface area contributed by atoms with E-state index in [0.717, 1.165) is 6.42 Å². The molecule has 3 N–H and O–H groups in total. The van der Waals surface area contributed by atoms with Crippen molar-refractivity contribution in [3.63, 3.8) is 0 Å². The van der Waals surface area contributed by atoms with Crippen LogP contribution in [0.4, 0.5) is 10.1 Å². The summed E-state index contributed by atoms with van der Waals surface area (Å²) in [6.45, 7) is 1.95. The lowest BCUT2D eigenvalue weighted by Gasteiger charge is -2.11. The first-order valence-corrected chi connectivity index (χ1v) is 5.85. The lowest BCUT2D eigenvalue weighted by molar-refractivity contribution is -0.117. The second-order valence-corrected chi connectivity index (χ2v) is 4.37. The number of nitrogens with one attached hydrogen (secondary N) is 1. The normalized spacial score (nSPS) is 12.2. The summed E-state index contributed by atoms with van der Waals surface area (Å²) < 4.78 is 13.5. The van der Waals surface area contributed by atoms with Crippen molar-refractivity contribution in [3.8, 4) is 0 Å². The third-order valence-electron chi connectivity index (χ3n) is 2.12. The number of carbonyl (C=O) groups excluding carboxylic acids is 1. The molecule has 0 bridgehead atoms. The summed E-state index contributed by atoms with van der Waals surface area (Å²) in [5.74, 6) is -0.703. The number of rotatable bonds is 4. The quantitative estimate of drug-likeness (QED) is 0.895. The molecule has 0 heterocycles. The Kier molecular flexibility index (Phi) is 4.89. The van der Waals surface area contributed by atoms with Crippen LogP contribution in [0, 0.1) is 5.82 Å². The molecule has 0 saturated carbocycles. The van der Waals surface area contributed by atoms with Crippen molar-refractivity contribution < 1.29 is 9.18 Å². The van der Waals surface area contributed by atoms with Gasteiger partial charge in [0.1, 0.15) is 5.82 Å². The molecular formula is C11H14BrFN2O. The second-order valence-electron chi connectivity index (χ2n) is 3.51. The molecule has 1 amide bonds. The summed E-state index contributed by atoms with van der Waals surface area (Å²) in [7, 11) is 0. The van der Waals surface area contributed by atoms with Crippen LogP contribution >= 0.6 is 15.9 Å². The van der Waals surface area contributed by atoms with Gasteiger partial charge in [0.05, 0.1) is 10.5 Å². The molecule has 5 heteroatoms. The van der Waals surface area contributed by atoms with Crippen molar-refractivity contribution in [1.29, 1.82) is 0 Å². The number of halogens is 2. The van der Waals surface area contributed by atoms with Crippen LogP contribution < -0.4 is 11.1 Å². The van der Waals surface area contributed by atoms with E-state index < -0.39 is 11.9 Å².